The van der Waals surface area contributed by atoms with E-state index >= 15 is 0 Å². The lowest BCUT2D eigenvalue weighted by atomic mass is 10.2. The van der Waals surface area contributed by atoms with E-state index in [1.165, 1.54) is 36.5 Å². The molecular weight excluding hydrogens is 397 g/mol. The van der Waals surface area contributed by atoms with Crippen LogP contribution in [0, 0.1) is 5.82 Å². The van der Waals surface area contributed by atoms with E-state index in [9.17, 15) is 14.0 Å². The van der Waals surface area contributed by atoms with Crippen molar-refractivity contribution in [2.75, 3.05) is 0 Å². The number of thiophene rings is 1. The summed E-state index contributed by atoms with van der Waals surface area (Å²) in [5.41, 5.74) is 0.246. The number of rotatable bonds is 6. The van der Waals surface area contributed by atoms with E-state index < -0.39 is 23.8 Å². The highest BCUT2D eigenvalue weighted by atomic mass is 79.9. The van der Waals surface area contributed by atoms with Crippen LogP contribution in [0.3, 0.4) is 0 Å². The van der Waals surface area contributed by atoms with Gasteiger partial charge < -0.3 is 10.1 Å². The molecule has 0 saturated carbocycles. The van der Waals surface area contributed by atoms with Crippen molar-refractivity contribution in [3.05, 3.63) is 62.5 Å². The molecule has 1 N–H and O–H groups in total. The Kier molecular flexibility index (Phi) is 6.69. The molecule has 0 fully saturated rings. The first kappa shape index (κ1) is 18.4. The van der Waals surface area contributed by atoms with E-state index in [-0.39, 0.29) is 5.56 Å². The predicted octanol–water partition coefficient (Wildman–Crippen LogP) is 3.91. The Morgan fingerprint density at radius 2 is 2.21 bits per heavy atom. The maximum absolute atomic E-state index is 13.6. The average molecular weight is 412 g/mol. The Morgan fingerprint density at radius 1 is 1.42 bits per heavy atom. The summed E-state index contributed by atoms with van der Waals surface area (Å²) in [6.45, 7) is 1.87. The Morgan fingerprint density at radius 3 is 2.92 bits per heavy atom. The van der Waals surface area contributed by atoms with Crippen molar-refractivity contribution in [2.45, 2.75) is 19.6 Å². The SMILES string of the molecule is C[C@H](OC(=O)/C=C/c1cc(Br)ccc1F)C(=O)NCc1cccs1. The molecule has 1 heterocycles. The van der Waals surface area contributed by atoms with Crippen LogP contribution in [-0.4, -0.2) is 18.0 Å². The van der Waals surface area contributed by atoms with Crippen molar-refractivity contribution in [2.24, 2.45) is 0 Å². The van der Waals surface area contributed by atoms with Crippen LogP contribution in [0.5, 0.6) is 0 Å². The molecule has 4 nitrogen and oxygen atoms in total. The Balaban J connectivity index is 1.85. The third kappa shape index (κ3) is 5.58. The summed E-state index contributed by atoms with van der Waals surface area (Å²) < 4.78 is 19.3. The molecule has 2 aromatic rings. The van der Waals surface area contributed by atoms with Crippen LogP contribution < -0.4 is 5.32 Å². The molecule has 0 saturated heterocycles. The summed E-state index contributed by atoms with van der Waals surface area (Å²) in [7, 11) is 0. The highest BCUT2D eigenvalue weighted by Gasteiger charge is 2.16. The summed E-state index contributed by atoms with van der Waals surface area (Å²) in [5.74, 6) is -1.56. The quantitative estimate of drug-likeness (QED) is 0.578. The highest BCUT2D eigenvalue weighted by Crippen LogP contribution is 2.16. The fraction of sp³-hybridized carbons (Fsp3) is 0.176. The molecule has 1 aromatic carbocycles. The molecule has 1 amide bonds. The van der Waals surface area contributed by atoms with Gasteiger partial charge in [-0.25, -0.2) is 9.18 Å². The zero-order valence-electron chi connectivity index (χ0n) is 12.8. The van der Waals surface area contributed by atoms with Gasteiger partial charge in [-0.1, -0.05) is 22.0 Å². The van der Waals surface area contributed by atoms with Gasteiger partial charge >= 0.3 is 5.97 Å². The first-order valence-corrected chi connectivity index (χ1v) is 8.77. The largest absolute Gasteiger partial charge is 0.449 e. The number of ether oxygens (including phenoxy) is 1. The lowest BCUT2D eigenvalue weighted by Gasteiger charge is -2.11. The average Bonchev–Trinajstić information content (AvgIpc) is 3.06. The van der Waals surface area contributed by atoms with Crippen molar-refractivity contribution >= 4 is 45.2 Å². The molecule has 0 aliphatic carbocycles. The maximum Gasteiger partial charge on any atom is 0.331 e. The second-order valence-corrected chi connectivity index (χ2v) is 6.82. The van der Waals surface area contributed by atoms with Crippen LogP contribution in [0.15, 0.2) is 46.3 Å². The lowest BCUT2D eigenvalue weighted by molar-refractivity contribution is -0.150. The van der Waals surface area contributed by atoms with Crippen LogP contribution in [0.1, 0.15) is 17.4 Å². The second-order valence-electron chi connectivity index (χ2n) is 4.88. The summed E-state index contributed by atoms with van der Waals surface area (Å²) in [5, 5.41) is 4.60. The Hall–Kier alpha value is -1.99. The normalized spacial score (nSPS) is 12.1. The summed E-state index contributed by atoms with van der Waals surface area (Å²) in [6.07, 6.45) is 1.46. The van der Waals surface area contributed by atoms with Gasteiger partial charge in [0.05, 0.1) is 6.54 Å². The minimum absolute atomic E-state index is 0.246. The third-order valence-corrected chi connectivity index (χ3v) is 4.41. The number of carbonyl (C=O) groups excluding carboxylic acids is 2. The molecule has 1 atom stereocenters. The minimum atomic E-state index is -0.936. The first-order valence-electron chi connectivity index (χ1n) is 7.09. The summed E-state index contributed by atoms with van der Waals surface area (Å²) in [6, 6.07) is 8.18. The van der Waals surface area contributed by atoms with E-state index in [0.717, 1.165) is 11.0 Å². The maximum atomic E-state index is 13.6. The van der Waals surface area contributed by atoms with E-state index in [1.807, 2.05) is 17.5 Å². The number of nitrogens with one attached hydrogen (secondary N) is 1. The van der Waals surface area contributed by atoms with Crippen LogP contribution >= 0.6 is 27.3 Å². The topological polar surface area (TPSA) is 55.4 Å². The predicted molar refractivity (Wildman–Crippen MR) is 94.9 cm³/mol. The first-order chi connectivity index (χ1) is 11.5. The number of benzene rings is 1. The van der Waals surface area contributed by atoms with Gasteiger partial charge in [0.25, 0.3) is 5.91 Å². The van der Waals surface area contributed by atoms with E-state index in [0.29, 0.717) is 11.0 Å². The molecule has 1 aromatic heterocycles. The van der Waals surface area contributed by atoms with Crippen molar-refractivity contribution < 1.29 is 18.7 Å². The number of amides is 1. The van der Waals surface area contributed by atoms with Gasteiger partial charge in [-0.2, -0.15) is 0 Å². The number of esters is 1. The zero-order valence-corrected chi connectivity index (χ0v) is 15.2. The molecule has 0 aliphatic rings. The van der Waals surface area contributed by atoms with Crippen molar-refractivity contribution in [3.63, 3.8) is 0 Å². The highest BCUT2D eigenvalue weighted by molar-refractivity contribution is 9.10. The lowest BCUT2D eigenvalue weighted by Crippen LogP contribution is -2.34. The molecule has 0 unspecified atom stereocenters. The number of hydrogen-bond donors (Lipinski definition) is 1. The van der Waals surface area contributed by atoms with Crippen LogP contribution in [0.25, 0.3) is 6.08 Å². The number of hydrogen-bond acceptors (Lipinski definition) is 4. The van der Waals surface area contributed by atoms with E-state index in [2.05, 4.69) is 21.2 Å². The molecule has 0 aliphatic heterocycles. The summed E-state index contributed by atoms with van der Waals surface area (Å²) in [4.78, 5) is 24.6. The number of carbonyl (C=O) groups is 2. The van der Waals surface area contributed by atoms with Gasteiger partial charge in [0.15, 0.2) is 6.10 Å². The Bertz CT molecular complexity index is 746. The second kappa shape index (κ2) is 8.75. The van der Waals surface area contributed by atoms with Crippen molar-refractivity contribution in [3.8, 4) is 0 Å². The number of halogens is 2. The molecule has 24 heavy (non-hydrogen) atoms. The monoisotopic (exact) mass is 411 g/mol. The molecule has 0 spiro atoms. The van der Waals surface area contributed by atoms with Gasteiger partial charge in [0.2, 0.25) is 0 Å². The smallest absolute Gasteiger partial charge is 0.331 e. The van der Waals surface area contributed by atoms with E-state index in [4.69, 9.17) is 4.74 Å². The minimum Gasteiger partial charge on any atom is -0.449 e. The van der Waals surface area contributed by atoms with Gasteiger partial charge in [-0.05, 0) is 42.6 Å². The van der Waals surface area contributed by atoms with Crippen LogP contribution in [0.4, 0.5) is 4.39 Å². The fourth-order valence-corrected chi connectivity index (χ4v) is 2.82. The molecule has 2 rings (SSSR count). The van der Waals surface area contributed by atoms with Gasteiger partial charge in [0, 0.05) is 21.0 Å². The molecular formula is C17H15BrFNO3S. The standard InChI is InChI=1S/C17H15BrFNO3S/c1-11(17(22)20-10-14-3-2-8-24-14)23-16(21)7-4-12-9-13(18)5-6-15(12)19/h2-9,11H,10H2,1H3,(H,20,22)/b7-4+/t11-/m0/s1. The molecule has 0 radical (unpaired) electrons. The summed E-state index contributed by atoms with van der Waals surface area (Å²) >= 11 is 4.75. The fourth-order valence-electron chi connectivity index (χ4n) is 1.80. The van der Waals surface area contributed by atoms with Gasteiger partial charge in [-0.15, -0.1) is 11.3 Å². The van der Waals surface area contributed by atoms with Crippen molar-refractivity contribution in [1.29, 1.82) is 0 Å². The van der Waals surface area contributed by atoms with Gasteiger partial charge in [-0.3, -0.25) is 4.79 Å². The molecule has 7 heteroatoms. The van der Waals surface area contributed by atoms with Crippen molar-refractivity contribution in [1.82, 2.24) is 5.32 Å². The van der Waals surface area contributed by atoms with Crippen LogP contribution in [0.2, 0.25) is 0 Å². The van der Waals surface area contributed by atoms with E-state index in [1.54, 1.807) is 6.07 Å². The van der Waals surface area contributed by atoms with Crippen LogP contribution in [-0.2, 0) is 20.9 Å². The third-order valence-electron chi connectivity index (χ3n) is 3.04. The van der Waals surface area contributed by atoms with Gasteiger partial charge in [0.1, 0.15) is 5.82 Å². The molecule has 126 valence electrons. The zero-order chi connectivity index (χ0) is 17.5. The Labute approximate surface area is 151 Å². The molecule has 0 bridgehead atoms.